The Bertz CT molecular complexity index is 613. The lowest BCUT2D eigenvalue weighted by atomic mass is 9.43. The second-order valence-electron chi connectivity index (χ2n) is 11.4. The van der Waals surface area contributed by atoms with Crippen LogP contribution in [0.3, 0.4) is 0 Å². The van der Waals surface area contributed by atoms with Crippen molar-refractivity contribution in [3.05, 3.63) is 0 Å². The molecule has 8 atom stereocenters. The highest BCUT2D eigenvalue weighted by molar-refractivity contribution is 5.16. The maximum Gasteiger partial charge on any atom is 0.125 e. The summed E-state index contributed by atoms with van der Waals surface area (Å²) in [4.78, 5) is 0. The Balaban J connectivity index is 1.60. The molecule has 0 aromatic heterocycles. The van der Waals surface area contributed by atoms with Crippen LogP contribution in [0.2, 0.25) is 0 Å². The summed E-state index contributed by atoms with van der Waals surface area (Å²) in [5.41, 5.74) is -0.776. The highest BCUT2D eigenvalue weighted by Gasteiger charge is 2.62. The third-order valence-electron chi connectivity index (χ3n) is 9.85. The summed E-state index contributed by atoms with van der Waals surface area (Å²) in [6, 6.07) is 0. The molecule has 2 heteroatoms. The van der Waals surface area contributed by atoms with Gasteiger partial charge in [-0.15, -0.1) is 6.42 Å². The lowest BCUT2D eigenvalue weighted by Crippen LogP contribution is -2.56. The molecule has 0 spiro atoms. The van der Waals surface area contributed by atoms with E-state index >= 15 is 0 Å². The molecule has 0 amide bonds. The summed E-state index contributed by atoms with van der Waals surface area (Å²) in [6.45, 7) is 9.04. The number of hydrogen-bond donors (Lipinski definition) is 2. The molecule has 4 aliphatic carbocycles. The molecular weight excluding hydrogens is 320 g/mol. The number of aliphatic hydroxyl groups is 2. The standard InChI is InChI=1S/C24H38O2/c1-6-24(26)14-13-22(4)16(15-24)7-8-17-18-9-10-20(21(2,3)25)23(18,5)12-11-19(17)22/h1,16-20,25-26H,7-15H2,2-5H3/t16-,17-,18-,19-,20+,22-,23-,24+/m0/s1. The van der Waals surface area contributed by atoms with Crippen molar-refractivity contribution in [3.8, 4) is 12.3 Å². The van der Waals surface area contributed by atoms with Crippen LogP contribution in [0.15, 0.2) is 0 Å². The van der Waals surface area contributed by atoms with Crippen molar-refractivity contribution < 1.29 is 10.2 Å². The van der Waals surface area contributed by atoms with Crippen LogP contribution >= 0.6 is 0 Å². The predicted molar refractivity (Wildman–Crippen MR) is 105 cm³/mol. The quantitative estimate of drug-likeness (QED) is 0.662. The van der Waals surface area contributed by atoms with Gasteiger partial charge in [-0.25, -0.2) is 0 Å². The van der Waals surface area contributed by atoms with Crippen molar-refractivity contribution in [1.29, 1.82) is 0 Å². The molecule has 4 aliphatic rings. The van der Waals surface area contributed by atoms with Crippen LogP contribution in [0.4, 0.5) is 0 Å². The smallest absolute Gasteiger partial charge is 0.125 e. The topological polar surface area (TPSA) is 40.5 Å². The van der Waals surface area contributed by atoms with E-state index in [1.807, 2.05) is 13.8 Å². The van der Waals surface area contributed by atoms with Crippen molar-refractivity contribution in [3.63, 3.8) is 0 Å². The summed E-state index contributed by atoms with van der Waals surface area (Å²) < 4.78 is 0. The van der Waals surface area contributed by atoms with Gasteiger partial charge in [0.15, 0.2) is 0 Å². The molecule has 0 unspecified atom stereocenters. The predicted octanol–water partition coefficient (Wildman–Crippen LogP) is 4.78. The first-order chi connectivity index (χ1) is 12.0. The lowest BCUT2D eigenvalue weighted by molar-refractivity contribution is -0.149. The maximum absolute atomic E-state index is 10.8. The van der Waals surface area contributed by atoms with Crippen LogP contribution < -0.4 is 0 Å². The van der Waals surface area contributed by atoms with Crippen LogP contribution in [0.5, 0.6) is 0 Å². The highest BCUT2D eigenvalue weighted by atomic mass is 16.3. The fraction of sp³-hybridized carbons (Fsp3) is 0.917. The molecule has 0 aromatic rings. The SMILES string of the molecule is C#C[C@@]1(O)CC[C@@]2(C)[C@@H](CC[C@@H]3[C@@H]2CC[C@]2(C)[C@@H](C(C)(C)O)CC[C@@H]32)C1. The van der Waals surface area contributed by atoms with Gasteiger partial charge in [0.2, 0.25) is 0 Å². The van der Waals surface area contributed by atoms with E-state index in [1.165, 1.54) is 38.5 Å². The summed E-state index contributed by atoms with van der Waals surface area (Å²) in [6.07, 6.45) is 15.9. The number of terminal acetylenes is 1. The Hall–Kier alpha value is -0.520. The minimum Gasteiger partial charge on any atom is -0.390 e. The van der Waals surface area contributed by atoms with Gasteiger partial charge in [-0.3, -0.25) is 0 Å². The van der Waals surface area contributed by atoms with E-state index in [9.17, 15) is 10.2 Å². The summed E-state index contributed by atoms with van der Waals surface area (Å²) in [5, 5.41) is 21.5. The van der Waals surface area contributed by atoms with Gasteiger partial charge in [-0.2, -0.15) is 0 Å². The van der Waals surface area contributed by atoms with Gasteiger partial charge >= 0.3 is 0 Å². The van der Waals surface area contributed by atoms with Gasteiger partial charge in [0.05, 0.1) is 5.60 Å². The Morgan fingerprint density at radius 1 is 0.923 bits per heavy atom. The van der Waals surface area contributed by atoms with E-state index in [0.717, 1.165) is 37.0 Å². The van der Waals surface area contributed by atoms with E-state index in [2.05, 4.69) is 19.8 Å². The molecular formula is C24H38O2. The van der Waals surface area contributed by atoms with Gasteiger partial charge in [-0.1, -0.05) is 19.8 Å². The van der Waals surface area contributed by atoms with Gasteiger partial charge in [0.1, 0.15) is 5.60 Å². The Morgan fingerprint density at radius 2 is 1.62 bits per heavy atom. The molecule has 26 heavy (non-hydrogen) atoms. The zero-order valence-corrected chi connectivity index (χ0v) is 17.2. The Labute approximate surface area is 160 Å². The molecule has 0 heterocycles. The van der Waals surface area contributed by atoms with E-state index in [4.69, 9.17) is 6.42 Å². The van der Waals surface area contributed by atoms with Crippen LogP contribution in [0, 0.1) is 52.8 Å². The fourth-order valence-electron chi connectivity index (χ4n) is 8.54. The number of fused-ring (bicyclic) bond motifs is 5. The monoisotopic (exact) mass is 358 g/mol. The molecule has 4 fully saturated rings. The molecule has 2 nitrogen and oxygen atoms in total. The minimum atomic E-state index is -0.862. The van der Waals surface area contributed by atoms with Crippen molar-refractivity contribution in [2.45, 2.75) is 96.7 Å². The lowest BCUT2D eigenvalue weighted by Gasteiger charge is -2.62. The second kappa shape index (κ2) is 5.74. The number of hydrogen-bond acceptors (Lipinski definition) is 2. The molecule has 4 saturated carbocycles. The van der Waals surface area contributed by atoms with E-state index in [0.29, 0.717) is 22.7 Å². The van der Waals surface area contributed by atoms with Crippen LogP contribution in [-0.4, -0.2) is 21.4 Å². The molecule has 0 radical (unpaired) electrons. The fourth-order valence-corrected chi connectivity index (χ4v) is 8.54. The number of rotatable bonds is 1. The molecule has 0 aliphatic heterocycles. The van der Waals surface area contributed by atoms with Crippen molar-refractivity contribution in [2.75, 3.05) is 0 Å². The van der Waals surface area contributed by atoms with Crippen LogP contribution in [-0.2, 0) is 0 Å². The Morgan fingerprint density at radius 3 is 2.27 bits per heavy atom. The molecule has 0 aromatic carbocycles. The van der Waals surface area contributed by atoms with Gasteiger partial charge in [0.25, 0.3) is 0 Å². The first-order valence-corrected chi connectivity index (χ1v) is 11.0. The largest absolute Gasteiger partial charge is 0.390 e. The highest BCUT2D eigenvalue weighted by Crippen LogP contribution is 2.68. The normalized spacial score (nSPS) is 54.0. The van der Waals surface area contributed by atoms with E-state index in [-0.39, 0.29) is 0 Å². The van der Waals surface area contributed by atoms with Crippen molar-refractivity contribution >= 4 is 0 Å². The molecule has 146 valence electrons. The minimum absolute atomic E-state index is 0.302. The molecule has 0 saturated heterocycles. The average Bonchev–Trinajstić information content (AvgIpc) is 2.93. The van der Waals surface area contributed by atoms with Crippen LogP contribution in [0.25, 0.3) is 0 Å². The van der Waals surface area contributed by atoms with Crippen molar-refractivity contribution in [2.24, 2.45) is 40.4 Å². The molecule has 4 rings (SSSR count). The zero-order chi connectivity index (χ0) is 19.0. The van der Waals surface area contributed by atoms with Gasteiger partial charge in [-0.05, 0) is 112 Å². The van der Waals surface area contributed by atoms with Crippen LogP contribution in [0.1, 0.15) is 85.5 Å². The molecule has 2 N–H and O–H groups in total. The Kier molecular flexibility index (Phi) is 4.16. The van der Waals surface area contributed by atoms with E-state index in [1.54, 1.807) is 0 Å². The van der Waals surface area contributed by atoms with Gasteiger partial charge in [0, 0.05) is 0 Å². The van der Waals surface area contributed by atoms with Crippen molar-refractivity contribution in [1.82, 2.24) is 0 Å². The summed E-state index contributed by atoms with van der Waals surface area (Å²) in [5.74, 6) is 6.06. The zero-order valence-electron chi connectivity index (χ0n) is 17.2. The molecule has 0 bridgehead atoms. The third kappa shape index (κ3) is 2.53. The first kappa shape index (κ1) is 18.8. The summed E-state index contributed by atoms with van der Waals surface area (Å²) >= 11 is 0. The maximum atomic E-state index is 10.8. The first-order valence-electron chi connectivity index (χ1n) is 11.0. The summed E-state index contributed by atoms with van der Waals surface area (Å²) in [7, 11) is 0. The second-order valence-corrected chi connectivity index (χ2v) is 11.4. The average molecular weight is 359 g/mol. The van der Waals surface area contributed by atoms with E-state index < -0.39 is 11.2 Å². The van der Waals surface area contributed by atoms with Gasteiger partial charge < -0.3 is 10.2 Å². The third-order valence-corrected chi connectivity index (χ3v) is 9.85.